The average Bonchev–Trinajstić information content (AvgIpc) is 3.52. The fourth-order valence-electron chi connectivity index (χ4n) is 3.81. The molecule has 0 saturated carbocycles. The smallest absolute Gasteiger partial charge is 0.433 e. The zero-order valence-electron chi connectivity index (χ0n) is 18.2. The number of benzene rings is 1. The Balaban J connectivity index is 1.32. The number of piperazine rings is 1. The Bertz CT molecular complexity index is 1340. The Hall–Kier alpha value is -4.55. The van der Waals surface area contributed by atoms with Crippen molar-refractivity contribution >= 4 is 28.8 Å². The summed E-state index contributed by atoms with van der Waals surface area (Å²) in [5.74, 6) is 0.497. The largest absolute Gasteiger partial charge is 0.494 e. The molecule has 13 heteroatoms. The van der Waals surface area contributed by atoms with Crippen molar-refractivity contribution in [3.05, 3.63) is 58.6 Å². The second-order valence-corrected chi connectivity index (χ2v) is 7.47. The van der Waals surface area contributed by atoms with Crippen LogP contribution in [0.4, 0.5) is 11.7 Å². The minimum absolute atomic E-state index is 0.0529. The summed E-state index contributed by atoms with van der Waals surface area (Å²) in [4.78, 5) is 35.2. The molecule has 3 aromatic heterocycles. The third kappa shape index (κ3) is 3.87. The minimum atomic E-state index is -0.671. The van der Waals surface area contributed by atoms with E-state index in [2.05, 4.69) is 20.3 Å². The number of nitro groups is 1. The van der Waals surface area contributed by atoms with Gasteiger partial charge in [-0.1, -0.05) is 5.21 Å². The van der Waals surface area contributed by atoms with Crippen LogP contribution in [-0.4, -0.2) is 73.5 Å². The molecular weight excluding hydrogens is 444 g/mol. The minimum Gasteiger partial charge on any atom is -0.494 e. The molecule has 4 heterocycles. The van der Waals surface area contributed by atoms with E-state index >= 15 is 0 Å². The maximum Gasteiger partial charge on any atom is 0.433 e. The number of hydrogen-bond acceptors (Lipinski definition) is 10. The Labute approximate surface area is 192 Å². The number of furan rings is 1. The molecule has 1 saturated heterocycles. The van der Waals surface area contributed by atoms with Crippen molar-refractivity contribution in [1.82, 2.24) is 29.9 Å². The lowest BCUT2D eigenvalue weighted by Gasteiger charge is -2.34. The molecule has 5 rings (SSSR count). The molecule has 1 aromatic carbocycles. The van der Waals surface area contributed by atoms with Crippen LogP contribution in [-0.2, 0) is 0 Å². The number of rotatable bonds is 6. The van der Waals surface area contributed by atoms with Gasteiger partial charge in [0.15, 0.2) is 22.7 Å². The Kier molecular flexibility index (Phi) is 5.49. The molecular formula is C21H20N8O5. The van der Waals surface area contributed by atoms with Crippen LogP contribution in [0.1, 0.15) is 17.5 Å². The molecule has 13 nitrogen and oxygen atoms in total. The molecule has 0 bridgehead atoms. The van der Waals surface area contributed by atoms with Gasteiger partial charge in [0.25, 0.3) is 5.91 Å². The van der Waals surface area contributed by atoms with Crippen LogP contribution in [0.3, 0.4) is 0 Å². The van der Waals surface area contributed by atoms with E-state index in [0.717, 1.165) is 11.4 Å². The van der Waals surface area contributed by atoms with Crippen LogP contribution in [0.25, 0.3) is 16.9 Å². The molecule has 1 fully saturated rings. The molecule has 174 valence electrons. The third-order valence-corrected chi connectivity index (χ3v) is 5.46. The van der Waals surface area contributed by atoms with E-state index < -0.39 is 10.8 Å². The molecule has 0 radical (unpaired) electrons. The number of amides is 1. The molecule has 34 heavy (non-hydrogen) atoms. The molecule has 0 unspecified atom stereocenters. The van der Waals surface area contributed by atoms with Gasteiger partial charge in [-0.05, 0) is 37.3 Å². The van der Waals surface area contributed by atoms with Crippen LogP contribution in [0.2, 0.25) is 0 Å². The number of nitrogens with zero attached hydrogens (tertiary/aromatic N) is 8. The fourth-order valence-corrected chi connectivity index (χ4v) is 3.81. The molecule has 1 aliphatic rings. The van der Waals surface area contributed by atoms with Crippen LogP contribution < -0.4 is 9.64 Å². The Morgan fingerprint density at radius 1 is 1.12 bits per heavy atom. The first kappa shape index (κ1) is 21.3. The summed E-state index contributed by atoms with van der Waals surface area (Å²) < 4.78 is 12.2. The van der Waals surface area contributed by atoms with Crippen LogP contribution >= 0.6 is 0 Å². The van der Waals surface area contributed by atoms with Gasteiger partial charge in [-0.2, -0.15) is 4.68 Å². The summed E-state index contributed by atoms with van der Waals surface area (Å²) in [5, 5.41) is 19.4. The summed E-state index contributed by atoms with van der Waals surface area (Å²) >= 11 is 0. The molecule has 0 atom stereocenters. The molecule has 0 aliphatic carbocycles. The summed E-state index contributed by atoms with van der Waals surface area (Å²) in [5.41, 5.74) is 1.91. The van der Waals surface area contributed by atoms with Crippen molar-refractivity contribution < 1.29 is 18.9 Å². The van der Waals surface area contributed by atoms with E-state index in [0.29, 0.717) is 49.8 Å². The maximum atomic E-state index is 12.6. The predicted molar refractivity (Wildman–Crippen MR) is 119 cm³/mol. The molecule has 0 N–H and O–H groups in total. The van der Waals surface area contributed by atoms with Gasteiger partial charge in [0.05, 0.1) is 18.4 Å². The topological polar surface area (TPSA) is 146 Å². The van der Waals surface area contributed by atoms with Crippen molar-refractivity contribution in [1.29, 1.82) is 0 Å². The van der Waals surface area contributed by atoms with Gasteiger partial charge in [-0.15, -0.1) is 5.10 Å². The second-order valence-electron chi connectivity index (χ2n) is 7.47. The van der Waals surface area contributed by atoms with Crippen molar-refractivity contribution in [3.63, 3.8) is 0 Å². The fraction of sp³-hybridized carbons (Fsp3) is 0.286. The number of anilines is 1. The van der Waals surface area contributed by atoms with Crippen molar-refractivity contribution in [3.8, 4) is 11.4 Å². The third-order valence-electron chi connectivity index (χ3n) is 5.46. The number of hydrogen-bond donors (Lipinski definition) is 0. The summed E-state index contributed by atoms with van der Waals surface area (Å²) in [6, 6.07) is 9.97. The zero-order chi connectivity index (χ0) is 23.7. The predicted octanol–water partition coefficient (Wildman–Crippen LogP) is 2.07. The van der Waals surface area contributed by atoms with Crippen LogP contribution in [0.15, 0.2) is 47.1 Å². The number of fused-ring (bicyclic) bond motifs is 1. The van der Waals surface area contributed by atoms with Crippen molar-refractivity contribution in [2.24, 2.45) is 0 Å². The monoisotopic (exact) mass is 464 g/mol. The first-order valence-corrected chi connectivity index (χ1v) is 10.6. The summed E-state index contributed by atoms with van der Waals surface area (Å²) in [6.45, 7) is 4.30. The number of aromatic nitrogens is 5. The van der Waals surface area contributed by atoms with Gasteiger partial charge < -0.3 is 19.0 Å². The van der Waals surface area contributed by atoms with Gasteiger partial charge in [0.2, 0.25) is 0 Å². The Morgan fingerprint density at radius 3 is 2.56 bits per heavy atom. The highest BCUT2D eigenvalue weighted by molar-refractivity contribution is 5.92. The summed E-state index contributed by atoms with van der Waals surface area (Å²) in [6.07, 6.45) is 1.46. The quantitative estimate of drug-likeness (QED) is 0.307. The van der Waals surface area contributed by atoms with E-state index in [1.54, 1.807) is 9.58 Å². The molecule has 1 amide bonds. The number of ether oxygens (including phenoxy) is 1. The van der Waals surface area contributed by atoms with E-state index in [-0.39, 0.29) is 11.7 Å². The lowest BCUT2D eigenvalue weighted by molar-refractivity contribution is -0.402. The zero-order valence-corrected chi connectivity index (χ0v) is 18.2. The average molecular weight is 464 g/mol. The van der Waals surface area contributed by atoms with Crippen molar-refractivity contribution in [2.75, 3.05) is 37.7 Å². The van der Waals surface area contributed by atoms with Crippen LogP contribution in [0, 0.1) is 10.1 Å². The number of carbonyl (C=O) groups excluding carboxylic acids is 1. The highest BCUT2D eigenvalue weighted by Gasteiger charge is 2.28. The van der Waals surface area contributed by atoms with E-state index in [1.165, 1.54) is 18.5 Å². The van der Waals surface area contributed by atoms with E-state index in [1.807, 2.05) is 36.1 Å². The van der Waals surface area contributed by atoms with E-state index in [4.69, 9.17) is 9.15 Å². The van der Waals surface area contributed by atoms with Gasteiger partial charge in [0, 0.05) is 26.2 Å². The lowest BCUT2D eigenvalue weighted by atomic mass is 10.2. The molecule has 0 spiro atoms. The molecule has 4 aromatic rings. The van der Waals surface area contributed by atoms with Crippen LogP contribution in [0.5, 0.6) is 5.75 Å². The van der Waals surface area contributed by atoms with Crippen molar-refractivity contribution in [2.45, 2.75) is 6.92 Å². The SMILES string of the molecule is CCOc1ccc(-n2nnc3c(N4CCN(C(=O)c5ccc([N+](=O)[O-])o5)CC4)ncnc32)cc1. The standard InChI is InChI=1S/C21H20N8O5/c1-2-33-15-5-3-14(4-6-15)28-20-18(24-25-28)19(22-13-23-20)26-9-11-27(12-10-26)21(30)16-7-8-17(34-16)29(31)32/h3-8,13H,2,9-12H2,1H3. The van der Waals surface area contributed by atoms with Gasteiger partial charge in [-0.3, -0.25) is 14.9 Å². The second kappa shape index (κ2) is 8.77. The van der Waals surface area contributed by atoms with Gasteiger partial charge in [0.1, 0.15) is 17.0 Å². The molecule has 1 aliphatic heterocycles. The lowest BCUT2D eigenvalue weighted by Crippen LogP contribution is -2.49. The van der Waals surface area contributed by atoms with Gasteiger partial charge >= 0.3 is 5.88 Å². The first-order valence-electron chi connectivity index (χ1n) is 10.6. The highest BCUT2D eigenvalue weighted by Crippen LogP contribution is 2.25. The maximum absolute atomic E-state index is 12.6. The van der Waals surface area contributed by atoms with E-state index in [9.17, 15) is 14.9 Å². The first-order chi connectivity index (χ1) is 16.5. The highest BCUT2D eigenvalue weighted by atomic mass is 16.6. The normalized spacial score (nSPS) is 13.9. The number of carbonyl (C=O) groups is 1. The van der Waals surface area contributed by atoms with Gasteiger partial charge in [-0.25, -0.2) is 9.97 Å². The Morgan fingerprint density at radius 2 is 1.88 bits per heavy atom. The summed E-state index contributed by atoms with van der Waals surface area (Å²) in [7, 11) is 0.